The van der Waals surface area contributed by atoms with E-state index in [1.54, 1.807) is 12.3 Å². The number of pyridine rings is 1. The average molecular weight is 295 g/mol. The van der Waals surface area contributed by atoms with Crippen molar-refractivity contribution >= 4 is 39.6 Å². The molecule has 0 saturated carbocycles. The lowest BCUT2D eigenvalue weighted by atomic mass is 10.1. The predicted molar refractivity (Wildman–Crippen MR) is 87.7 cm³/mol. The third kappa shape index (κ3) is 2.66. The lowest BCUT2D eigenvalue weighted by Crippen LogP contribution is -2.13. The highest BCUT2D eigenvalue weighted by molar-refractivity contribution is 7.80. The molecule has 0 fully saturated rings. The van der Waals surface area contributed by atoms with Crippen molar-refractivity contribution < 1.29 is 0 Å². The number of para-hydroxylation sites is 1. The van der Waals surface area contributed by atoms with Crippen molar-refractivity contribution in [3.8, 4) is 0 Å². The van der Waals surface area contributed by atoms with Crippen LogP contribution < -0.4 is 11.1 Å². The summed E-state index contributed by atoms with van der Waals surface area (Å²) in [5, 5.41) is 12.2. The SMILES string of the molecule is Cc1ccc2cccc(Nc3nnccc3C(N)=S)c2n1. The minimum atomic E-state index is 0.275. The van der Waals surface area contributed by atoms with Crippen LogP contribution in [0.1, 0.15) is 11.3 Å². The second-order valence-electron chi connectivity index (χ2n) is 4.61. The summed E-state index contributed by atoms with van der Waals surface area (Å²) in [4.78, 5) is 4.85. The Morgan fingerprint density at radius 2 is 2.05 bits per heavy atom. The third-order valence-electron chi connectivity index (χ3n) is 3.10. The molecule has 0 unspecified atom stereocenters. The maximum absolute atomic E-state index is 5.71. The number of rotatable bonds is 3. The van der Waals surface area contributed by atoms with Crippen LogP contribution in [-0.4, -0.2) is 20.2 Å². The van der Waals surface area contributed by atoms with Crippen molar-refractivity contribution in [1.29, 1.82) is 0 Å². The van der Waals surface area contributed by atoms with Crippen molar-refractivity contribution in [3.63, 3.8) is 0 Å². The van der Waals surface area contributed by atoms with Gasteiger partial charge in [-0.25, -0.2) is 0 Å². The van der Waals surface area contributed by atoms with E-state index in [1.807, 2.05) is 37.3 Å². The van der Waals surface area contributed by atoms with Crippen molar-refractivity contribution in [2.45, 2.75) is 6.92 Å². The number of thiocarbonyl (C=S) groups is 1. The van der Waals surface area contributed by atoms with E-state index >= 15 is 0 Å². The minimum Gasteiger partial charge on any atom is -0.389 e. The van der Waals surface area contributed by atoms with Crippen LogP contribution in [0.2, 0.25) is 0 Å². The summed E-state index contributed by atoms with van der Waals surface area (Å²) in [6.45, 7) is 1.96. The number of aryl methyl sites for hydroxylation is 1. The highest BCUT2D eigenvalue weighted by Gasteiger charge is 2.09. The van der Waals surface area contributed by atoms with E-state index in [9.17, 15) is 0 Å². The summed E-state index contributed by atoms with van der Waals surface area (Å²) in [6, 6.07) is 11.7. The van der Waals surface area contributed by atoms with E-state index in [2.05, 4.69) is 20.5 Å². The van der Waals surface area contributed by atoms with Crippen LogP contribution in [0.15, 0.2) is 42.6 Å². The number of fused-ring (bicyclic) bond motifs is 1. The number of aromatic nitrogens is 3. The van der Waals surface area contributed by atoms with Gasteiger partial charge in [0.25, 0.3) is 0 Å². The van der Waals surface area contributed by atoms with Crippen molar-refractivity contribution in [1.82, 2.24) is 15.2 Å². The summed E-state index contributed by atoms with van der Waals surface area (Å²) < 4.78 is 0. The fourth-order valence-corrected chi connectivity index (χ4v) is 2.26. The summed E-state index contributed by atoms with van der Waals surface area (Å²) in [5.74, 6) is 0.529. The summed E-state index contributed by atoms with van der Waals surface area (Å²) >= 11 is 5.04. The smallest absolute Gasteiger partial charge is 0.163 e. The first-order chi connectivity index (χ1) is 10.1. The second-order valence-corrected chi connectivity index (χ2v) is 5.05. The van der Waals surface area contributed by atoms with Gasteiger partial charge >= 0.3 is 0 Å². The largest absolute Gasteiger partial charge is 0.389 e. The van der Waals surface area contributed by atoms with Crippen molar-refractivity contribution in [2.75, 3.05) is 5.32 Å². The van der Waals surface area contributed by atoms with E-state index in [1.165, 1.54) is 0 Å². The summed E-state index contributed by atoms with van der Waals surface area (Å²) in [6.07, 6.45) is 1.56. The highest BCUT2D eigenvalue weighted by Crippen LogP contribution is 2.25. The van der Waals surface area contributed by atoms with Crippen LogP contribution in [-0.2, 0) is 0 Å². The fraction of sp³-hybridized carbons (Fsp3) is 0.0667. The Balaban J connectivity index is 2.11. The van der Waals surface area contributed by atoms with Gasteiger partial charge in [0.2, 0.25) is 0 Å². The van der Waals surface area contributed by atoms with Crippen molar-refractivity contribution in [2.24, 2.45) is 5.73 Å². The van der Waals surface area contributed by atoms with Gasteiger partial charge in [-0.05, 0) is 25.1 Å². The average Bonchev–Trinajstić information content (AvgIpc) is 2.48. The Kier molecular flexibility index (Phi) is 3.45. The molecule has 0 aliphatic carbocycles. The van der Waals surface area contributed by atoms with Crippen LogP contribution in [0.3, 0.4) is 0 Å². The van der Waals surface area contributed by atoms with Gasteiger partial charge < -0.3 is 11.1 Å². The Morgan fingerprint density at radius 3 is 2.86 bits per heavy atom. The Bertz CT molecular complexity index is 831. The molecule has 0 amide bonds. The number of hydrogen-bond donors (Lipinski definition) is 2. The van der Waals surface area contributed by atoms with Gasteiger partial charge in [-0.3, -0.25) is 4.98 Å². The fourth-order valence-electron chi connectivity index (χ4n) is 2.10. The Hall–Kier alpha value is -2.60. The summed E-state index contributed by atoms with van der Waals surface area (Å²) in [5.41, 5.74) is 9.03. The Morgan fingerprint density at radius 1 is 1.19 bits per heavy atom. The molecule has 0 aliphatic heterocycles. The molecule has 6 heteroatoms. The number of benzene rings is 1. The third-order valence-corrected chi connectivity index (χ3v) is 3.32. The molecule has 3 N–H and O–H groups in total. The first-order valence-electron chi connectivity index (χ1n) is 6.40. The van der Waals surface area contributed by atoms with Gasteiger partial charge in [0.15, 0.2) is 5.82 Å². The molecular formula is C15H13N5S. The van der Waals surface area contributed by atoms with Gasteiger partial charge in [0.1, 0.15) is 4.99 Å². The lowest BCUT2D eigenvalue weighted by Gasteiger charge is -2.11. The molecule has 3 aromatic rings. The second kappa shape index (κ2) is 5.41. The van der Waals surface area contributed by atoms with Crippen LogP contribution in [0.5, 0.6) is 0 Å². The quantitative estimate of drug-likeness (QED) is 0.724. The molecular weight excluding hydrogens is 282 g/mol. The van der Waals surface area contributed by atoms with E-state index in [0.717, 1.165) is 22.3 Å². The van der Waals surface area contributed by atoms with E-state index < -0.39 is 0 Å². The van der Waals surface area contributed by atoms with Crippen LogP contribution in [0.25, 0.3) is 10.9 Å². The molecule has 0 radical (unpaired) electrons. The predicted octanol–water partition coefficient (Wildman–Crippen LogP) is 2.71. The molecule has 2 aromatic heterocycles. The zero-order chi connectivity index (χ0) is 14.8. The molecule has 1 aromatic carbocycles. The maximum atomic E-state index is 5.71. The maximum Gasteiger partial charge on any atom is 0.163 e. The molecule has 0 bridgehead atoms. The molecule has 3 rings (SSSR count). The number of hydrogen-bond acceptors (Lipinski definition) is 5. The van der Waals surface area contributed by atoms with Crippen LogP contribution >= 0.6 is 12.2 Å². The van der Waals surface area contributed by atoms with E-state index in [-0.39, 0.29) is 4.99 Å². The standard InChI is InChI=1S/C15H13N5S/c1-9-5-6-10-3-2-4-12(13(10)18-9)19-15-11(14(16)21)7-8-17-20-15/h2-8H,1H3,(H2,16,21)(H,19,20). The molecule has 21 heavy (non-hydrogen) atoms. The first-order valence-corrected chi connectivity index (χ1v) is 6.81. The van der Waals surface area contributed by atoms with Crippen molar-refractivity contribution in [3.05, 3.63) is 53.9 Å². The Labute approximate surface area is 127 Å². The van der Waals surface area contributed by atoms with E-state index in [4.69, 9.17) is 18.0 Å². The topological polar surface area (TPSA) is 76.7 Å². The highest BCUT2D eigenvalue weighted by atomic mass is 32.1. The van der Waals surface area contributed by atoms with Gasteiger partial charge in [-0.15, -0.1) is 5.10 Å². The van der Waals surface area contributed by atoms with Crippen LogP contribution in [0.4, 0.5) is 11.5 Å². The number of nitrogens with two attached hydrogens (primary N) is 1. The normalized spacial score (nSPS) is 10.5. The molecule has 0 aliphatic rings. The van der Waals surface area contributed by atoms with Gasteiger partial charge in [-0.1, -0.05) is 30.4 Å². The number of nitrogens with zero attached hydrogens (tertiary/aromatic N) is 3. The zero-order valence-corrected chi connectivity index (χ0v) is 12.2. The minimum absolute atomic E-state index is 0.275. The van der Waals surface area contributed by atoms with Gasteiger partial charge in [0, 0.05) is 11.1 Å². The molecule has 0 atom stereocenters. The first kappa shape index (κ1) is 13.4. The van der Waals surface area contributed by atoms with Crippen LogP contribution in [0, 0.1) is 6.92 Å². The number of nitrogens with one attached hydrogen (secondary N) is 1. The molecule has 0 saturated heterocycles. The molecule has 5 nitrogen and oxygen atoms in total. The monoisotopic (exact) mass is 295 g/mol. The zero-order valence-electron chi connectivity index (χ0n) is 11.4. The number of anilines is 2. The molecule has 0 spiro atoms. The van der Waals surface area contributed by atoms with Gasteiger partial charge in [0.05, 0.1) is 23.0 Å². The molecule has 2 heterocycles. The van der Waals surface area contributed by atoms with E-state index in [0.29, 0.717) is 11.4 Å². The lowest BCUT2D eigenvalue weighted by molar-refractivity contribution is 1.03. The molecule has 104 valence electrons. The van der Waals surface area contributed by atoms with Gasteiger partial charge in [-0.2, -0.15) is 5.10 Å². The summed E-state index contributed by atoms with van der Waals surface area (Å²) in [7, 11) is 0.